The van der Waals surface area contributed by atoms with Gasteiger partial charge < -0.3 is 9.51 Å². The van der Waals surface area contributed by atoms with E-state index in [1.54, 1.807) is 0 Å². The van der Waals surface area contributed by atoms with E-state index in [1.807, 2.05) is 48.5 Å². The van der Waals surface area contributed by atoms with Gasteiger partial charge in [0.2, 0.25) is 11.7 Å². The van der Waals surface area contributed by atoms with Crippen molar-refractivity contribution in [2.75, 3.05) is 0 Å². The van der Waals surface area contributed by atoms with E-state index in [9.17, 15) is 0 Å². The summed E-state index contributed by atoms with van der Waals surface area (Å²) < 4.78 is 6.33. The molecule has 4 aromatic rings. The SMILES string of the molecule is Brc1cccc(-c2noc(CCc3nc4ccccc4[nH]3)n2)c1. The van der Waals surface area contributed by atoms with Crippen molar-refractivity contribution in [3.8, 4) is 11.4 Å². The molecule has 4 rings (SSSR count). The smallest absolute Gasteiger partial charge is 0.227 e. The maximum atomic E-state index is 5.34. The van der Waals surface area contributed by atoms with Crippen LogP contribution in [0.25, 0.3) is 22.4 Å². The molecule has 0 spiro atoms. The number of hydrogen-bond acceptors (Lipinski definition) is 4. The van der Waals surface area contributed by atoms with E-state index in [4.69, 9.17) is 4.52 Å². The van der Waals surface area contributed by atoms with E-state index in [2.05, 4.69) is 36.0 Å². The van der Waals surface area contributed by atoms with Crippen LogP contribution in [0.3, 0.4) is 0 Å². The maximum Gasteiger partial charge on any atom is 0.227 e. The van der Waals surface area contributed by atoms with Gasteiger partial charge in [-0.3, -0.25) is 0 Å². The minimum Gasteiger partial charge on any atom is -0.342 e. The topological polar surface area (TPSA) is 67.6 Å². The number of benzene rings is 2. The average molecular weight is 369 g/mol. The Kier molecular flexibility index (Phi) is 3.67. The van der Waals surface area contributed by atoms with Crippen LogP contribution in [-0.2, 0) is 12.8 Å². The normalized spacial score (nSPS) is 11.2. The summed E-state index contributed by atoms with van der Waals surface area (Å²) in [5, 5.41) is 4.05. The lowest BCUT2D eigenvalue weighted by Gasteiger charge is -1.94. The maximum absolute atomic E-state index is 5.34. The second-order valence-electron chi connectivity index (χ2n) is 5.22. The number of nitrogens with one attached hydrogen (secondary N) is 1. The Bertz CT molecular complexity index is 927. The van der Waals surface area contributed by atoms with Gasteiger partial charge in [-0.05, 0) is 24.3 Å². The lowest BCUT2D eigenvalue weighted by molar-refractivity contribution is 0.378. The molecule has 0 bridgehead atoms. The largest absolute Gasteiger partial charge is 0.342 e. The molecule has 5 nitrogen and oxygen atoms in total. The van der Waals surface area contributed by atoms with Gasteiger partial charge in [0.15, 0.2) is 0 Å². The molecule has 2 heterocycles. The quantitative estimate of drug-likeness (QED) is 0.587. The molecular weight excluding hydrogens is 356 g/mol. The summed E-state index contributed by atoms with van der Waals surface area (Å²) in [4.78, 5) is 12.3. The standard InChI is InChI=1S/C17H13BrN4O/c18-12-5-3-4-11(10-12)17-21-16(23-22-17)9-8-15-19-13-6-1-2-7-14(13)20-15/h1-7,10H,8-9H2,(H,19,20). The molecule has 0 aliphatic heterocycles. The zero-order valence-electron chi connectivity index (χ0n) is 12.2. The second-order valence-corrected chi connectivity index (χ2v) is 6.14. The summed E-state index contributed by atoms with van der Waals surface area (Å²) in [5.74, 6) is 2.14. The van der Waals surface area contributed by atoms with Gasteiger partial charge in [-0.15, -0.1) is 0 Å². The molecule has 2 aromatic heterocycles. The number of H-pyrrole nitrogens is 1. The van der Waals surface area contributed by atoms with Gasteiger partial charge in [-0.25, -0.2) is 4.98 Å². The van der Waals surface area contributed by atoms with Crippen LogP contribution in [0, 0.1) is 0 Å². The van der Waals surface area contributed by atoms with Crippen LogP contribution in [0.15, 0.2) is 57.5 Å². The first-order valence-electron chi connectivity index (χ1n) is 7.30. The predicted octanol–water partition coefficient (Wildman–Crippen LogP) is 4.16. The fourth-order valence-electron chi connectivity index (χ4n) is 2.45. The van der Waals surface area contributed by atoms with E-state index < -0.39 is 0 Å². The summed E-state index contributed by atoms with van der Waals surface area (Å²) in [5.41, 5.74) is 2.95. The first kappa shape index (κ1) is 14.1. The molecule has 6 heteroatoms. The summed E-state index contributed by atoms with van der Waals surface area (Å²) in [6.45, 7) is 0. The van der Waals surface area contributed by atoms with Gasteiger partial charge in [0.25, 0.3) is 0 Å². The number of halogens is 1. The number of imidazole rings is 1. The second kappa shape index (κ2) is 5.96. The van der Waals surface area contributed by atoms with Gasteiger partial charge in [0, 0.05) is 22.9 Å². The highest BCUT2D eigenvalue weighted by Crippen LogP contribution is 2.20. The van der Waals surface area contributed by atoms with Crippen LogP contribution in [-0.4, -0.2) is 20.1 Å². The first-order valence-corrected chi connectivity index (χ1v) is 8.09. The summed E-state index contributed by atoms with van der Waals surface area (Å²) in [6.07, 6.45) is 1.38. The van der Waals surface area contributed by atoms with Crippen LogP contribution < -0.4 is 0 Å². The average Bonchev–Trinajstić information content (AvgIpc) is 3.19. The molecule has 114 valence electrons. The molecule has 0 fully saturated rings. The Morgan fingerprint density at radius 3 is 2.78 bits per heavy atom. The van der Waals surface area contributed by atoms with Crippen LogP contribution in [0.4, 0.5) is 0 Å². The Labute approximate surface area is 140 Å². The van der Waals surface area contributed by atoms with Gasteiger partial charge in [-0.2, -0.15) is 4.98 Å². The minimum absolute atomic E-state index is 0.603. The summed E-state index contributed by atoms with van der Waals surface area (Å²) in [6, 6.07) is 15.8. The van der Waals surface area contributed by atoms with E-state index in [1.165, 1.54) is 0 Å². The molecule has 23 heavy (non-hydrogen) atoms. The number of aromatic amines is 1. The van der Waals surface area contributed by atoms with Gasteiger partial charge >= 0.3 is 0 Å². The van der Waals surface area contributed by atoms with Crippen LogP contribution in [0.1, 0.15) is 11.7 Å². The van der Waals surface area contributed by atoms with Gasteiger partial charge in [0.1, 0.15) is 5.82 Å². The van der Waals surface area contributed by atoms with E-state index in [0.717, 1.165) is 33.3 Å². The number of aryl methyl sites for hydroxylation is 2. The van der Waals surface area contributed by atoms with Crippen LogP contribution >= 0.6 is 15.9 Å². The Morgan fingerprint density at radius 1 is 1.00 bits per heavy atom. The number of nitrogens with zero attached hydrogens (tertiary/aromatic N) is 3. The third-order valence-corrected chi connectivity index (χ3v) is 4.06. The highest BCUT2D eigenvalue weighted by Gasteiger charge is 2.10. The van der Waals surface area contributed by atoms with Crippen molar-refractivity contribution < 1.29 is 4.52 Å². The Morgan fingerprint density at radius 2 is 1.91 bits per heavy atom. The number of rotatable bonds is 4. The van der Waals surface area contributed by atoms with Crippen molar-refractivity contribution in [1.29, 1.82) is 0 Å². The minimum atomic E-state index is 0.603. The lowest BCUT2D eigenvalue weighted by atomic mass is 10.2. The first-order chi connectivity index (χ1) is 11.3. The van der Waals surface area contributed by atoms with Crippen molar-refractivity contribution in [1.82, 2.24) is 20.1 Å². The lowest BCUT2D eigenvalue weighted by Crippen LogP contribution is -1.93. The molecule has 1 N–H and O–H groups in total. The Hall–Kier alpha value is -2.47. The summed E-state index contributed by atoms with van der Waals surface area (Å²) in [7, 11) is 0. The van der Waals surface area contributed by atoms with Crippen molar-refractivity contribution in [3.05, 3.63) is 64.7 Å². The zero-order valence-corrected chi connectivity index (χ0v) is 13.7. The molecule has 0 aliphatic carbocycles. The molecule has 0 saturated carbocycles. The van der Waals surface area contributed by atoms with Crippen molar-refractivity contribution in [2.24, 2.45) is 0 Å². The Balaban J connectivity index is 1.49. The molecule has 0 aliphatic rings. The van der Waals surface area contributed by atoms with Crippen LogP contribution in [0.5, 0.6) is 0 Å². The monoisotopic (exact) mass is 368 g/mol. The molecule has 0 atom stereocenters. The van der Waals surface area contributed by atoms with Crippen molar-refractivity contribution >= 4 is 27.0 Å². The van der Waals surface area contributed by atoms with E-state index in [0.29, 0.717) is 18.1 Å². The molecule has 2 aromatic carbocycles. The molecule has 0 amide bonds. The van der Waals surface area contributed by atoms with E-state index in [-0.39, 0.29) is 0 Å². The third-order valence-electron chi connectivity index (χ3n) is 3.56. The van der Waals surface area contributed by atoms with Crippen molar-refractivity contribution in [3.63, 3.8) is 0 Å². The molecule has 0 radical (unpaired) electrons. The number of hydrogen-bond donors (Lipinski definition) is 1. The van der Waals surface area contributed by atoms with Crippen molar-refractivity contribution in [2.45, 2.75) is 12.8 Å². The zero-order chi connectivity index (χ0) is 15.6. The molecule has 0 saturated heterocycles. The summed E-state index contributed by atoms with van der Waals surface area (Å²) >= 11 is 3.45. The fraction of sp³-hybridized carbons (Fsp3) is 0.118. The number of fused-ring (bicyclic) bond motifs is 1. The fourth-order valence-corrected chi connectivity index (χ4v) is 2.85. The van der Waals surface area contributed by atoms with Gasteiger partial charge in [0.05, 0.1) is 11.0 Å². The molecule has 0 unspecified atom stereocenters. The van der Waals surface area contributed by atoms with Gasteiger partial charge in [-0.1, -0.05) is 45.4 Å². The number of aromatic nitrogens is 4. The highest BCUT2D eigenvalue weighted by atomic mass is 79.9. The number of para-hydroxylation sites is 2. The molecular formula is C17H13BrN4O. The van der Waals surface area contributed by atoms with Crippen LogP contribution in [0.2, 0.25) is 0 Å². The van der Waals surface area contributed by atoms with E-state index >= 15 is 0 Å². The third kappa shape index (κ3) is 3.03. The predicted molar refractivity (Wildman–Crippen MR) is 90.9 cm³/mol. The highest BCUT2D eigenvalue weighted by molar-refractivity contribution is 9.10.